The molecule has 0 spiro atoms. The summed E-state index contributed by atoms with van der Waals surface area (Å²) in [5.74, 6) is -0.363. The third-order valence-corrected chi connectivity index (χ3v) is 2.69. The number of benzene rings is 1. The zero-order chi connectivity index (χ0) is 14.4. The Bertz CT molecular complexity index is 497. The van der Waals surface area contributed by atoms with Gasteiger partial charge in [0.15, 0.2) is 0 Å². The summed E-state index contributed by atoms with van der Waals surface area (Å²) >= 11 is 0. The van der Waals surface area contributed by atoms with Crippen LogP contribution in [-0.2, 0) is 0 Å². The molecule has 0 aliphatic rings. The van der Waals surface area contributed by atoms with Crippen molar-refractivity contribution in [2.75, 3.05) is 20.2 Å². The van der Waals surface area contributed by atoms with Crippen LogP contribution in [0.4, 0.5) is 0 Å². The van der Waals surface area contributed by atoms with Crippen molar-refractivity contribution in [2.24, 2.45) is 5.73 Å². The van der Waals surface area contributed by atoms with Crippen LogP contribution < -0.4 is 10.5 Å². The minimum atomic E-state index is -0.597. The summed E-state index contributed by atoms with van der Waals surface area (Å²) < 4.78 is 5.07. The van der Waals surface area contributed by atoms with Crippen molar-refractivity contribution in [3.05, 3.63) is 42.0 Å². The van der Waals surface area contributed by atoms with E-state index in [0.29, 0.717) is 24.4 Å². The topological polar surface area (TPSA) is 72.6 Å². The highest BCUT2D eigenvalue weighted by molar-refractivity contribution is 5.99. The first-order valence-electron chi connectivity index (χ1n) is 5.92. The Labute approximate surface area is 112 Å². The average molecular weight is 262 g/mol. The predicted octanol–water partition coefficient (Wildman–Crippen LogP) is 1.44. The summed E-state index contributed by atoms with van der Waals surface area (Å²) in [5.41, 5.74) is 5.86. The van der Waals surface area contributed by atoms with Crippen LogP contribution in [-0.4, -0.2) is 36.9 Å². The Hall–Kier alpha value is -2.30. The Kier molecular flexibility index (Phi) is 5.11. The number of rotatable bonds is 6. The first kappa shape index (κ1) is 14.8. The average Bonchev–Trinajstić information content (AvgIpc) is 2.43. The van der Waals surface area contributed by atoms with Crippen LogP contribution >= 0.6 is 0 Å². The maximum Gasteiger partial charge on any atom is 0.254 e. The number of hydrogen-bond acceptors (Lipinski definition) is 3. The zero-order valence-corrected chi connectivity index (χ0v) is 11.2. The fourth-order valence-electron chi connectivity index (χ4n) is 1.68. The molecule has 0 saturated heterocycles. The third-order valence-electron chi connectivity index (χ3n) is 2.69. The van der Waals surface area contributed by atoms with Gasteiger partial charge >= 0.3 is 0 Å². The number of carbonyl (C=O) groups excluding carboxylic acids is 2. The van der Waals surface area contributed by atoms with Gasteiger partial charge in [-0.3, -0.25) is 9.59 Å². The molecule has 102 valence electrons. The standard InChI is InChI=1S/C14H18N2O3/c1-4-6-16(5-2)14(18)11-7-10(13(15)17)8-12(9-11)19-3/h4,7-9H,1,5-6H2,2-3H3,(H2,15,17). The van der Waals surface area contributed by atoms with Gasteiger partial charge < -0.3 is 15.4 Å². The summed E-state index contributed by atoms with van der Waals surface area (Å²) in [6, 6.07) is 4.56. The van der Waals surface area contributed by atoms with E-state index in [4.69, 9.17) is 10.5 Å². The molecular weight excluding hydrogens is 244 g/mol. The van der Waals surface area contributed by atoms with Gasteiger partial charge in [-0.2, -0.15) is 0 Å². The maximum atomic E-state index is 12.3. The van der Waals surface area contributed by atoms with E-state index >= 15 is 0 Å². The van der Waals surface area contributed by atoms with Gasteiger partial charge in [-0.15, -0.1) is 6.58 Å². The second kappa shape index (κ2) is 6.58. The fourth-order valence-corrected chi connectivity index (χ4v) is 1.68. The number of amides is 2. The number of hydrogen-bond donors (Lipinski definition) is 1. The van der Waals surface area contributed by atoms with Crippen LogP contribution in [0.25, 0.3) is 0 Å². The molecule has 0 unspecified atom stereocenters. The number of nitrogens with two attached hydrogens (primary N) is 1. The fraction of sp³-hybridized carbons (Fsp3) is 0.286. The van der Waals surface area contributed by atoms with E-state index in [0.717, 1.165) is 0 Å². The van der Waals surface area contributed by atoms with Crippen molar-refractivity contribution in [3.8, 4) is 5.75 Å². The smallest absolute Gasteiger partial charge is 0.254 e. The number of primary amides is 1. The van der Waals surface area contributed by atoms with Gasteiger partial charge in [0.25, 0.3) is 5.91 Å². The minimum Gasteiger partial charge on any atom is -0.497 e. The highest BCUT2D eigenvalue weighted by Crippen LogP contribution is 2.18. The number of nitrogens with zero attached hydrogens (tertiary/aromatic N) is 1. The van der Waals surface area contributed by atoms with E-state index < -0.39 is 5.91 Å². The molecule has 0 aliphatic heterocycles. The molecule has 0 heterocycles. The first-order chi connectivity index (χ1) is 9.03. The second-order valence-electron chi connectivity index (χ2n) is 3.95. The van der Waals surface area contributed by atoms with Gasteiger partial charge in [-0.1, -0.05) is 6.08 Å². The van der Waals surface area contributed by atoms with E-state index in [1.807, 2.05) is 6.92 Å². The molecular formula is C14H18N2O3. The predicted molar refractivity (Wildman–Crippen MR) is 73.3 cm³/mol. The molecule has 0 atom stereocenters. The summed E-state index contributed by atoms with van der Waals surface area (Å²) in [5, 5.41) is 0. The van der Waals surface area contributed by atoms with Crippen molar-refractivity contribution in [3.63, 3.8) is 0 Å². The van der Waals surface area contributed by atoms with Crippen molar-refractivity contribution >= 4 is 11.8 Å². The second-order valence-corrected chi connectivity index (χ2v) is 3.95. The van der Waals surface area contributed by atoms with Crippen molar-refractivity contribution in [1.82, 2.24) is 4.90 Å². The largest absolute Gasteiger partial charge is 0.497 e. The van der Waals surface area contributed by atoms with Crippen molar-refractivity contribution in [1.29, 1.82) is 0 Å². The Balaban J connectivity index is 3.17. The van der Waals surface area contributed by atoms with E-state index in [2.05, 4.69) is 6.58 Å². The molecule has 1 aromatic rings. The SMILES string of the molecule is C=CCN(CC)C(=O)c1cc(OC)cc(C(N)=O)c1. The van der Waals surface area contributed by atoms with Crippen LogP contribution in [0, 0.1) is 0 Å². The van der Waals surface area contributed by atoms with Gasteiger partial charge in [0.05, 0.1) is 7.11 Å². The van der Waals surface area contributed by atoms with E-state index in [-0.39, 0.29) is 11.5 Å². The summed E-state index contributed by atoms with van der Waals surface area (Å²) in [7, 11) is 1.47. The van der Waals surface area contributed by atoms with E-state index in [1.165, 1.54) is 19.2 Å². The van der Waals surface area contributed by atoms with Gasteiger partial charge in [-0.25, -0.2) is 0 Å². The quantitative estimate of drug-likeness (QED) is 0.788. The molecule has 0 aliphatic carbocycles. The van der Waals surface area contributed by atoms with Crippen LogP contribution in [0.15, 0.2) is 30.9 Å². The van der Waals surface area contributed by atoms with Crippen LogP contribution in [0.5, 0.6) is 5.75 Å². The zero-order valence-electron chi connectivity index (χ0n) is 11.2. The van der Waals surface area contributed by atoms with Crippen LogP contribution in [0.1, 0.15) is 27.6 Å². The molecule has 2 N–H and O–H groups in total. The molecule has 2 amide bonds. The molecule has 5 nitrogen and oxygen atoms in total. The lowest BCUT2D eigenvalue weighted by molar-refractivity contribution is 0.0781. The highest BCUT2D eigenvalue weighted by Gasteiger charge is 2.16. The van der Waals surface area contributed by atoms with Crippen LogP contribution in [0.3, 0.4) is 0 Å². The summed E-state index contributed by atoms with van der Waals surface area (Å²) in [6.45, 7) is 6.48. The third kappa shape index (κ3) is 3.58. The monoisotopic (exact) mass is 262 g/mol. The molecule has 1 rings (SSSR count). The summed E-state index contributed by atoms with van der Waals surface area (Å²) in [6.07, 6.45) is 1.65. The molecule has 0 fully saturated rings. The molecule has 0 saturated carbocycles. The Morgan fingerprint density at radius 2 is 2.00 bits per heavy atom. The molecule has 19 heavy (non-hydrogen) atoms. The maximum absolute atomic E-state index is 12.3. The van der Waals surface area contributed by atoms with Gasteiger partial charge in [0, 0.05) is 24.2 Å². The van der Waals surface area contributed by atoms with Gasteiger partial charge in [-0.05, 0) is 25.1 Å². The lowest BCUT2D eigenvalue weighted by Gasteiger charge is -2.19. The number of methoxy groups -OCH3 is 1. The molecule has 0 radical (unpaired) electrons. The number of likely N-dealkylation sites (N-methyl/N-ethyl adjacent to an activating group) is 1. The van der Waals surface area contributed by atoms with Crippen molar-refractivity contribution < 1.29 is 14.3 Å². The van der Waals surface area contributed by atoms with E-state index in [9.17, 15) is 9.59 Å². The highest BCUT2D eigenvalue weighted by atomic mass is 16.5. The molecule has 1 aromatic carbocycles. The number of carbonyl (C=O) groups is 2. The Morgan fingerprint density at radius 3 is 2.47 bits per heavy atom. The van der Waals surface area contributed by atoms with Gasteiger partial charge in [0.2, 0.25) is 5.91 Å². The van der Waals surface area contributed by atoms with Gasteiger partial charge in [0.1, 0.15) is 5.75 Å². The van der Waals surface area contributed by atoms with Crippen molar-refractivity contribution in [2.45, 2.75) is 6.92 Å². The lowest BCUT2D eigenvalue weighted by Crippen LogP contribution is -2.31. The first-order valence-corrected chi connectivity index (χ1v) is 5.92. The summed E-state index contributed by atoms with van der Waals surface area (Å²) in [4.78, 5) is 25.1. The lowest BCUT2D eigenvalue weighted by atomic mass is 10.1. The molecule has 0 aromatic heterocycles. The normalized spacial score (nSPS) is 9.79. The Morgan fingerprint density at radius 1 is 1.37 bits per heavy atom. The van der Waals surface area contributed by atoms with E-state index in [1.54, 1.807) is 17.0 Å². The number of ether oxygens (including phenoxy) is 1. The molecule has 0 bridgehead atoms. The van der Waals surface area contributed by atoms with Crippen LogP contribution in [0.2, 0.25) is 0 Å². The molecule has 5 heteroatoms. The minimum absolute atomic E-state index is 0.191.